The lowest BCUT2D eigenvalue weighted by molar-refractivity contribution is -0.131. The Hall–Kier alpha value is -2.30. The van der Waals surface area contributed by atoms with Crippen LogP contribution < -0.4 is 4.74 Å². The van der Waals surface area contributed by atoms with Crippen molar-refractivity contribution in [2.75, 3.05) is 13.7 Å². The monoisotopic (exact) mass is 250 g/mol. The molecule has 0 aliphatic rings. The molecule has 0 fully saturated rings. The van der Waals surface area contributed by atoms with Crippen molar-refractivity contribution in [3.63, 3.8) is 0 Å². The molecule has 96 valence electrons. The summed E-state index contributed by atoms with van der Waals surface area (Å²) < 4.78 is 9.91. The Morgan fingerprint density at radius 2 is 2.11 bits per heavy atom. The van der Waals surface area contributed by atoms with Gasteiger partial charge < -0.3 is 14.6 Å². The SMILES string of the molecule is CCOC(=O)c1cc(OC)ccc1/C=C/C(=O)O. The van der Waals surface area contributed by atoms with Gasteiger partial charge in [0.15, 0.2) is 0 Å². The van der Waals surface area contributed by atoms with Crippen LogP contribution in [-0.4, -0.2) is 30.8 Å². The van der Waals surface area contributed by atoms with E-state index in [4.69, 9.17) is 14.6 Å². The van der Waals surface area contributed by atoms with Gasteiger partial charge in [0.1, 0.15) is 5.75 Å². The molecule has 0 bridgehead atoms. The zero-order chi connectivity index (χ0) is 13.5. The molecule has 0 saturated heterocycles. The third kappa shape index (κ3) is 3.62. The van der Waals surface area contributed by atoms with Gasteiger partial charge >= 0.3 is 11.9 Å². The second-order valence-corrected chi connectivity index (χ2v) is 3.35. The van der Waals surface area contributed by atoms with Gasteiger partial charge in [-0.25, -0.2) is 9.59 Å². The first-order chi connectivity index (χ1) is 8.58. The topological polar surface area (TPSA) is 72.8 Å². The van der Waals surface area contributed by atoms with Crippen LogP contribution in [0.2, 0.25) is 0 Å². The summed E-state index contributed by atoms with van der Waals surface area (Å²) in [5.41, 5.74) is 0.741. The van der Waals surface area contributed by atoms with Crippen molar-refractivity contribution >= 4 is 18.0 Å². The lowest BCUT2D eigenvalue weighted by atomic mass is 10.1. The highest BCUT2D eigenvalue weighted by atomic mass is 16.5. The number of esters is 1. The molecule has 0 spiro atoms. The molecule has 0 aromatic heterocycles. The maximum Gasteiger partial charge on any atom is 0.338 e. The fraction of sp³-hybridized carbons (Fsp3) is 0.231. The van der Waals surface area contributed by atoms with E-state index in [9.17, 15) is 9.59 Å². The first-order valence-electron chi connectivity index (χ1n) is 5.34. The molecular weight excluding hydrogens is 236 g/mol. The first kappa shape index (κ1) is 13.8. The number of benzene rings is 1. The number of carboxylic acid groups (broad SMARTS) is 1. The smallest absolute Gasteiger partial charge is 0.338 e. The van der Waals surface area contributed by atoms with E-state index in [1.54, 1.807) is 19.1 Å². The molecule has 5 nitrogen and oxygen atoms in total. The van der Waals surface area contributed by atoms with Crippen LogP contribution in [0.15, 0.2) is 24.3 Å². The molecule has 18 heavy (non-hydrogen) atoms. The van der Waals surface area contributed by atoms with Crippen LogP contribution in [0, 0.1) is 0 Å². The summed E-state index contributed by atoms with van der Waals surface area (Å²) in [6.45, 7) is 1.95. The van der Waals surface area contributed by atoms with E-state index in [1.165, 1.54) is 19.3 Å². The van der Waals surface area contributed by atoms with Crippen LogP contribution in [0.5, 0.6) is 5.75 Å². The molecule has 0 atom stereocenters. The summed E-state index contributed by atoms with van der Waals surface area (Å²) in [6.07, 6.45) is 2.30. The molecule has 1 rings (SSSR count). The standard InChI is InChI=1S/C13H14O5/c1-3-18-13(16)11-8-10(17-2)6-4-9(11)5-7-12(14)15/h4-8H,3H2,1-2H3,(H,14,15)/b7-5+. The number of rotatable bonds is 5. The Morgan fingerprint density at radius 3 is 2.67 bits per heavy atom. The molecule has 0 amide bonds. The maximum atomic E-state index is 11.7. The Morgan fingerprint density at radius 1 is 1.39 bits per heavy atom. The van der Waals surface area contributed by atoms with Gasteiger partial charge in [0.2, 0.25) is 0 Å². The fourth-order valence-electron chi connectivity index (χ4n) is 1.35. The molecular formula is C13H14O5. The van der Waals surface area contributed by atoms with Gasteiger partial charge in [-0.1, -0.05) is 6.07 Å². The van der Waals surface area contributed by atoms with Crippen LogP contribution in [0.3, 0.4) is 0 Å². The predicted octanol–water partition coefficient (Wildman–Crippen LogP) is 1.97. The maximum absolute atomic E-state index is 11.7. The van der Waals surface area contributed by atoms with Crippen LogP contribution in [0.4, 0.5) is 0 Å². The van der Waals surface area contributed by atoms with E-state index in [0.29, 0.717) is 11.3 Å². The molecule has 1 N–H and O–H groups in total. The number of carbonyl (C=O) groups is 2. The van der Waals surface area contributed by atoms with Crippen molar-refractivity contribution in [2.24, 2.45) is 0 Å². The minimum atomic E-state index is -1.08. The summed E-state index contributed by atoms with van der Waals surface area (Å²) in [6, 6.07) is 4.76. The van der Waals surface area contributed by atoms with E-state index < -0.39 is 11.9 Å². The molecule has 1 aromatic rings. The molecule has 0 aliphatic carbocycles. The largest absolute Gasteiger partial charge is 0.497 e. The lowest BCUT2D eigenvalue weighted by Crippen LogP contribution is -2.07. The lowest BCUT2D eigenvalue weighted by Gasteiger charge is -2.07. The number of ether oxygens (including phenoxy) is 2. The van der Waals surface area contributed by atoms with Crippen molar-refractivity contribution in [3.05, 3.63) is 35.4 Å². The molecule has 0 heterocycles. The number of methoxy groups -OCH3 is 1. The fourth-order valence-corrected chi connectivity index (χ4v) is 1.35. The summed E-state index contributed by atoms with van der Waals surface area (Å²) in [5, 5.41) is 8.58. The summed E-state index contributed by atoms with van der Waals surface area (Å²) in [4.78, 5) is 22.2. The number of aliphatic carboxylic acids is 1. The van der Waals surface area contributed by atoms with E-state index in [0.717, 1.165) is 6.08 Å². The predicted molar refractivity (Wildman–Crippen MR) is 65.6 cm³/mol. The quantitative estimate of drug-likeness (QED) is 0.639. The number of hydrogen-bond donors (Lipinski definition) is 1. The van der Waals surface area contributed by atoms with Crippen molar-refractivity contribution in [3.8, 4) is 5.75 Å². The van der Waals surface area contributed by atoms with Crippen molar-refractivity contribution in [1.82, 2.24) is 0 Å². The van der Waals surface area contributed by atoms with Gasteiger partial charge in [0.05, 0.1) is 19.3 Å². The average molecular weight is 250 g/mol. The summed E-state index contributed by atoms with van der Waals surface area (Å²) >= 11 is 0. The normalized spacial score (nSPS) is 10.3. The molecule has 0 aliphatic heterocycles. The van der Waals surface area contributed by atoms with Gasteiger partial charge in [-0.05, 0) is 30.7 Å². The third-order valence-electron chi connectivity index (χ3n) is 2.16. The average Bonchev–Trinajstić information content (AvgIpc) is 2.36. The Kier molecular flexibility index (Phi) is 4.92. The Bertz CT molecular complexity index is 476. The van der Waals surface area contributed by atoms with E-state index in [1.807, 2.05) is 0 Å². The minimum Gasteiger partial charge on any atom is -0.497 e. The van der Waals surface area contributed by atoms with Gasteiger partial charge in [-0.2, -0.15) is 0 Å². The van der Waals surface area contributed by atoms with Crippen molar-refractivity contribution in [2.45, 2.75) is 6.92 Å². The summed E-state index contributed by atoms with van der Waals surface area (Å²) in [7, 11) is 1.48. The second-order valence-electron chi connectivity index (χ2n) is 3.35. The van der Waals surface area contributed by atoms with Crippen LogP contribution in [-0.2, 0) is 9.53 Å². The van der Waals surface area contributed by atoms with E-state index in [2.05, 4.69) is 0 Å². The van der Waals surface area contributed by atoms with Crippen molar-refractivity contribution < 1.29 is 24.2 Å². The van der Waals surface area contributed by atoms with Gasteiger partial charge in [0, 0.05) is 6.08 Å². The van der Waals surface area contributed by atoms with Crippen LogP contribution >= 0.6 is 0 Å². The van der Waals surface area contributed by atoms with Gasteiger partial charge in [0.25, 0.3) is 0 Å². The first-order valence-corrected chi connectivity index (χ1v) is 5.34. The highest BCUT2D eigenvalue weighted by Gasteiger charge is 2.12. The zero-order valence-electron chi connectivity index (χ0n) is 10.2. The summed E-state index contributed by atoms with van der Waals surface area (Å²) in [5.74, 6) is -1.09. The highest BCUT2D eigenvalue weighted by Crippen LogP contribution is 2.20. The molecule has 0 saturated carbocycles. The molecule has 5 heteroatoms. The van der Waals surface area contributed by atoms with E-state index >= 15 is 0 Å². The number of carbonyl (C=O) groups excluding carboxylic acids is 1. The molecule has 0 unspecified atom stereocenters. The Balaban J connectivity index is 3.15. The van der Waals surface area contributed by atoms with Crippen molar-refractivity contribution in [1.29, 1.82) is 0 Å². The Labute approximate surface area is 105 Å². The van der Waals surface area contributed by atoms with Gasteiger partial charge in [-0.3, -0.25) is 0 Å². The third-order valence-corrected chi connectivity index (χ3v) is 2.16. The van der Waals surface area contributed by atoms with Crippen LogP contribution in [0.1, 0.15) is 22.8 Å². The zero-order valence-corrected chi connectivity index (χ0v) is 10.2. The minimum absolute atomic E-state index is 0.248. The van der Waals surface area contributed by atoms with Crippen LogP contribution in [0.25, 0.3) is 6.08 Å². The highest BCUT2D eigenvalue weighted by molar-refractivity contribution is 5.96. The molecule has 1 aromatic carbocycles. The second kappa shape index (κ2) is 6.44. The van der Waals surface area contributed by atoms with E-state index in [-0.39, 0.29) is 12.2 Å². The number of hydrogen-bond acceptors (Lipinski definition) is 4. The molecule has 0 radical (unpaired) electrons. The number of carboxylic acids is 1. The van der Waals surface area contributed by atoms with Gasteiger partial charge in [-0.15, -0.1) is 0 Å².